The number of rotatable bonds is 0. The summed E-state index contributed by atoms with van der Waals surface area (Å²) in [7, 11) is 0. The molecule has 4 heteroatoms. The first-order chi connectivity index (χ1) is 6.61. The summed E-state index contributed by atoms with van der Waals surface area (Å²) in [5.74, 6) is 0. The third kappa shape index (κ3) is 1.71. The Labute approximate surface area is 83.5 Å². The van der Waals surface area contributed by atoms with Gasteiger partial charge in [-0.1, -0.05) is 0 Å². The fourth-order valence-corrected chi connectivity index (χ4v) is 2.92. The van der Waals surface area contributed by atoms with Crippen LogP contribution in [0.1, 0.15) is 32.1 Å². The van der Waals surface area contributed by atoms with Crippen molar-refractivity contribution in [2.45, 2.75) is 38.2 Å². The summed E-state index contributed by atoms with van der Waals surface area (Å²) < 4.78 is 0. The highest BCUT2D eigenvalue weighted by molar-refractivity contribution is 5.65. The molecule has 1 aliphatic carbocycles. The second-order valence-corrected chi connectivity index (χ2v) is 4.70. The van der Waals surface area contributed by atoms with Crippen LogP contribution in [-0.2, 0) is 0 Å². The summed E-state index contributed by atoms with van der Waals surface area (Å²) in [4.78, 5) is 12.3. The van der Waals surface area contributed by atoms with Crippen molar-refractivity contribution in [3.8, 4) is 0 Å². The van der Waals surface area contributed by atoms with Gasteiger partial charge in [-0.3, -0.25) is 0 Å². The fourth-order valence-electron chi connectivity index (χ4n) is 2.92. The molecule has 0 radical (unpaired) electrons. The Hall–Kier alpha value is -0.770. The van der Waals surface area contributed by atoms with Gasteiger partial charge in [-0.25, -0.2) is 4.79 Å². The van der Waals surface area contributed by atoms with Gasteiger partial charge in [0.2, 0.25) is 0 Å². The van der Waals surface area contributed by atoms with Crippen molar-refractivity contribution < 1.29 is 15.0 Å². The Bertz CT molecular complexity index is 240. The largest absolute Gasteiger partial charge is 0.465 e. The quantitative estimate of drug-likeness (QED) is 0.618. The third-order valence-electron chi connectivity index (χ3n) is 3.61. The highest BCUT2D eigenvalue weighted by Crippen LogP contribution is 2.44. The Balaban J connectivity index is 2.03. The molecular weight excluding hydrogens is 182 g/mol. The second kappa shape index (κ2) is 3.42. The molecular formula is C10H17NO3. The van der Waals surface area contributed by atoms with E-state index in [1.54, 1.807) is 0 Å². The van der Waals surface area contributed by atoms with Crippen LogP contribution in [0.3, 0.4) is 0 Å². The number of piperidine rings is 1. The minimum atomic E-state index is -0.814. The highest BCUT2D eigenvalue weighted by atomic mass is 16.4. The SMILES string of the molecule is O=C(O)N1CCCC2(CCC(O)C2)C1. The van der Waals surface area contributed by atoms with Gasteiger partial charge in [0.1, 0.15) is 0 Å². The summed E-state index contributed by atoms with van der Waals surface area (Å²) in [6, 6.07) is 0. The molecule has 1 heterocycles. The lowest BCUT2D eigenvalue weighted by Crippen LogP contribution is -2.44. The van der Waals surface area contributed by atoms with E-state index in [4.69, 9.17) is 5.11 Å². The first kappa shape index (κ1) is 9.77. The van der Waals surface area contributed by atoms with E-state index >= 15 is 0 Å². The Morgan fingerprint density at radius 3 is 2.79 bits per heavy atom. The lowest BCUT2D eigenvalue weighted by Gasteiger charge is -2.39. The average Bonchev–Trinajstić information content (AvgIpc) is 2.47. The molecule has 14 heavy (non-hydrogen) atoms. The van der Waals surface area contributed by atoms with Gasteiger partial charge in [-0.15, -0.1) is 0 Å². The van der Waals surface area contributed by atoms with Crippen molar-refractivity contribution in [1.29, 1.82) is 0 Å². The molecule has 0 aromatic carbocycles. The number of carbonyl (C=O) groups is 1. The maximum absolute atomic E-state index is 10.8. The zero-order valence-electron chi connectivity index (χ0n) is 8.28. The highest BCUT2D eigenvalue weighted by Gasteiger charge is 2.42. The van der Waals surface area contributed by atoms with Crippen molar-refractivity contribution in [3.63, 3.8) is 0 Å². The van der Waals surface area contributed by atoms with Gasteiger partial charge >= 0.3 is 6.09 Å². The third-order valence-corrected chi connectivity index (χ3v) is 3.61. The molecule has 0 bridgehead atoms. The first-order valence-corrected chi connectivity index (χ1v) is 5.27. The van der Waals surface area contributed by atoms with Crippen molar-refractivity contribution in [1.82, 2.24) is 4.90 Å². The number of amides is 1. The van der Waals surface area contributed by atoms with Gasteiger partial charge < -0.3 is 15.1 Å². The maximum atomic E-state index is 10.8. The predicted octanol–water partition coefficient (Wildman–Crippen LogP) is 1.29. The fraction of sp³-hybridized carbons (Fsp3) is 0.900. The molecule has 1 saturated carbocycles. The van der Waals surface area contributed by atoms with Crippen molar-refractivity contribution in [3.05, 3.63) is 0 Å². The number of aliphatic hydroxyl groups excluding tert-OH is 1. The number of carboxylic acid groups (broad SMARTS) is 1. The van der Waals surface area contributed by atoms with E-state index in [1.807, 2.05) is 0 Å². The zero-order chi connectivity index (χ0) is 10.2. The number of nitrogens with zero attached hydrogens (tertiary/aromatic N) is 1. The van der Waals surface area contributed by atoms with Gasteiger partial charge in [-0.05, 0) is 37.5 Å². The first-order valence-electron chi connectivity index (χ1n) is 5.27. The Morgan fingerprint density at radius 2 is 2.21 bits per heavy atom. The normalized spacial score (nSPS) is 37.8. The summed E-state index contributed by atoms with van der Waals surface area (Å²) in [5.41, 5.74) is 0.0933. The van der Waals surface area contributed by atoms with Crippen molar-refractivity contribution >= 4 is 6.09 Å². The second-order valence-electron chi connectivity index (χ2n) is 4.70. The Morgan fingerprint density at radius 1 is 1.43 bits per heavy atom. The van der Waals surface area contributed by atoms with Gasteiger partial charge in [0.25, 0.3) is 0 Å². The molecule has 2 unspecified atom stereocenters. The lowest BCUT2D eigenvalue weighted by atomic mass is 9.78. The molecule has 2 aliphatic rings. The van der Waals surface area contributed by atoms with Crippen LogP contribution in [0.4, 0.5) is 4.79 Å². The van der Waals surface area contributed by atoms with E-state index in [2.05, 4.69) is 0 Å². The molecule has 4 nitrogen and oxygen atoms in total. The van der Waals surface area contributed by atoms with Crippen molar-refractivity contribution in [2.75, 3.05) is 13.1 Å². The van der Waals surface area contributed by atoms with Crippen LogP contribution in [0.25, 0.3) is 0 Å². The van der Waals surface area contributed by atoms with E-state index < -0.39 is 6.09 Å². The molecule has 2 fully saturated rings. The summed E-state index contributed by atoms with van der Waals surface area (Å²) in [6.45, 7) is 1.28. The Kier molecular flexibility index (Phi) is 2.39. The van der Waals surface area contributed by atoms with Crippen LogP contribution < -0.4 is 0 Å². The smallest absolute Gasteiger partial charge is 0.407 e. The van der Waals surface area contributed by atoms with Crippen LogP contribution in [0.15, 0.2) is 0 Å². The summed E-state index contributed by atoms with van der Waals surface area (Å²) in [5, 5.41) is 18.4. The molecule has 0 aromatic heterocycles. The number of hydrogen-bond donors (Lipinski definition) is 2. The monoisotopic (exact) mass is 199 g/mol. The van der Waals surface area contributed by atoms with E-state index in [9.17, 15) is 9.90 Å². The van der Waals surface area contributed by atoms with E-state index in [0.29, 0.717) is 13.1 Å². The molecule has 1 amide bonds. The summed E-state index contributed by atoms with van der Waals surface area (Å²) >= 11 is 0. The van der Waals surface area contributed by atoms with Crippen LogP contribution in [0.2, 0.25) is 0 Å². The van der Waals surface area contributed by atoms with Crippen LogP contribution in [-0.4, -0.2) is 40.4 Å². The average molecular weight is 199 g/mol. The van der Waals surface area contributed by atoms with Crippen LogP contribution in [0, 0.1) is 5.41 Å². The number of aliphatic hydroxyl groups is 1. The molecule has 0 aromatic rings. The predicted molar refractivity (Wildman–Crippen MR) is 51.1 cm³/mol. The molecule has 2 rings (SSSR count). The topological polar surface area (TPSA) is 60.8 Å². The molecule has 1 aliphatic heterocycles. The lowest BCUT2D eigenvalue weighted by molar-refractivity contribution is 0.0693. The molecule has 80 valence electrons. The minimum absolute atomic E-state index is 0.0933. The van der Waals surface area contributed by atoms with Gasteiger partial charge in [0, 0.05) is 13.1 Å². The minimum Gasteiger partial charge on any atom is -0.465 e. The van der Waals surface area contributed by atoms with Crippen LogP contribution in [0.5, 0.6) is 0 Å². The van der Waals surface area contributed by atoms with E-state index in [1.165, 1.54) is 4.90 Å². The van der Waals surface area contributed by atoms with Gasteiger partial charge in [-0.2, -0.15) is 0 Å². The maximum Gasteiger partial charge on any atom is 0.407 e. The summed E-state index contributed by atoms with van der Waals surface area (Å²) in [6.07, 6.45) is 3.61. The van der Waals surface area contributed by atoms with Gasteiger partial charge in [0.15, 0.2) is 0 Å². The molecule has 2 N–H and O–H groups in total. The van der Waals surface area contributed by atoms with Crippen LogP contribution >= 0.6 is 0 Å². The van der Waals surface area contributed by atoms with E-state index in [-0.39, 0.29) is 11.5 Å². The molecule has 1 saturated heterocycles. The van der Waals surface area contributed by atoms with Gasteiger partial charge in [0.05, 0.1) is 6.10 Å². The molecule has 2 atom stereocenters. The standard InChI is InChI=1S/C10H17NO3/c12-8-2-4-10(6-8)3-1-5-11(7-10)9(13)14/h8,12H,1-7H2,(H,13,14). The number of hydrogen-bond acceptors (Lipinski definition) is 2. The molecule has 1 spiro atoms. The van der Waals surface area contributed by atoms with E-state index in [0.717, 1.165) is 32.1 Å². The zero-order valence-corrected chi connectivity index (χ0v) is 8.28. The number of likely N-dealkylation sites (tertiary alicyclic amines) is 1. The van der Waals surface area contributed by atoms with Crippen molar-refractivity contribution in [2.24, 2.45) is 5.41 Å².